The number of carbonyl (C=O) groups is 1. The molecule has 0 spiro atoms. The van der Waals surface area contributed by atoms with E-state index < -0.39 is 0 Å². The van der Waals surface area contributed by atoms with Gasteiger partial charge < -0.3 is 4.42 Å². The highest BCUT2D eigenvalue weighted by molar-refractivity contribution is 9.10. The van der Waals surface area contributed by atoms with Crippen LogP contribution in [-0.2, 0) is 0 Å². The van der Waals surface area contributed by atoms with E-state index in [-0.39, 0.29) is 11.7 Å². The number of anilines is 1. The van der Waals surface area contributed by atoms with Gasteiger partial charge in [0.2, 0.25) is 5.13 Å². The van der Waals surface area contributed by atoms with Crippen LogP contribution in [-0.4, -0.2) is 16.1 Å². The Balaban J connectivity index is 2.06. The molecule has 0 fully saturated rings. The van der Waals surface area contributed by atoms with E-state index in [1.54, 1.807) is 12.1 Å². The second-order valence-electron chi connectivity index (χ2n) is 4.02. The molecule has 0 unspecified atom stereocenters. The fraction of sp³-hybridized carbons (Fsp3) is 0.417. The van der Waals surface area contributed by atoms with Gasteiger partial charge in [0.25, 0.3) is 5.91 Å². The maximum atomic E-state index is 11.9. The van der Waals surface area contributed by atoms with Gasteiger partial charge in [0.05, 0.1) is 0 Å². The van der Waals surface area contributed by atoms with Crippen LogP contribution in [0.1, 0.15) is 48.2 Å². The molecule has 2 aromatic heterocycles. The van der Waals surface area contributed by atoms with Crippen LogP contribution in [0.15, 0.2) is 21.2 Å². The average molecular weight is 344 g/mol. The molecule has 0 aromatic carbocycles. The van der Waals surface area contributed by atoms with Crippen molar-refractivity contribution in [2.75, 3.05) is 5.32 Å². The number of halogens is 1. The van der Waals surface area contributed by atoms with Crippen LogP contribution in [0.3, 0.4) is 0 Å². The Hall–Kier alpha value is -1.21. The fourth-order valence-electron chi connectivity index (χ4n) is 1.68. The predicted molar refractivity (Wildman–Crippen MR) is 77.6 cm³/mol. The summed E-state index contributed by atoms with van der Waals surface area (Å²) in [6.07, 6.45) is 2.04. The summed E-state index contributed by atoms with van der Waals surface area (Å²) in [6, 6.07) is 3.27. The summed E-state index contributed by atoms with van der Waals surface area (Å²) in [5.74, 6) is 0.324. The first kappa shape index (κ1) is 14.2. The largest absolute Gasteiger partial charge is 0.444 e. The third kappa shape index (κ3) is 3.42. The minimum atomic E-state index is -0.321. The number of hydrogen-bond acceptors (Lipinski definition) is 5. The zero-order chi connectivity index (χ0) is 13.8. The summed E-state index contributed by atoms with van der Waals surface area (Å²) >= 11 is 4.57. The van der Waals surface area contributed by atoms with Gasteiger partial charge in [-0.1, -0.05) is 25.2 Å². The number of rotatable bonds is 5. The summed E-state index contributed by atoms with van der Waals surface area (Å²) in [5.41, 5.74) is 0. The highest BCUT2D eigenvalue weighted by Gasteiger charge is 2.16. The van der Waals surface area contributed by atoms with Crippen molar-refractivity contribution >= 4 is 38.3 Å². The Morgan fingerprint density at radius 3 is 2.74 bits per heavy atom. The lowest BCUT2D eigenvalue weighted by Gasteiger charge is -2.05. The summed E-state index contributed by atoms with van der Waals surface area (Å²) in [6.45, 7) is 4.24. The molecule has 102 valence electrons. The van der Waals surface area contributed by atoms with Gasteiger partial charge in [-0.05, 0) is 40.9 Å². The van der Waals surface area contributed by atoms with Crippen molar-refractivity contribution in [1.82, 2.24) is 10.2 Å². The molecule has 0 radical (unpaired) electrons. The van der Waals surface area contributed by atoms with Crippen molar-refractivity contribution in [1.29, 1.82) is 0 Å². The molecule has 1 N–H and O–H groups in total. The number of nitrogens with one attached hydrogen (secondary N) is 1. The van der Waals surface area contributed by atoms with E-state index in [4.69, 9.17) is 4.42 Å². The zero-order valence-corrected chi connectivity index (χ0v) is 13.0. The highest BCUT2D eigenvalue weighted by atomic mass is 79.9. The van der Waals surface area contributed by atoms with Crippen molar-refractivity contribution in [3.63, 3.8) is 0 Å². The predicted octanol–water partition coefficient (Wildman–Crippen LogP) is 4.05. The molecule has 19 heavy (non-hydrogen) atoms. The van der Waals surface area contributed by atoms with Crippen molar-refractivity contribution < 1.29 is 9.21 Å². The zero-order valence-electron chi connectivity index (χ0n) is 10.6. The number of carbonyl (C=O) groups excluding carboxylic acids is 1. The second-order valence-corrected chi connectivity index (χ2v) is 5.81. The lowest BCUT2D eigenvalue weighted by molar-refractivity contribution is 0.0995. The lowest BCUT2D eigenvalue weighted by atomic mass is 10.1. The quantitative estimate of drug-likeness (QED) is 0.888. The SMILES string of the molecule is CCC(CC)c1nnc(NC(=O)c2ccc(Br)o2)s1. The van der Waals surface area contributed by atoms with Crippen LogP contribution in [0.2, 0.25) is 0 Å². The number of amides is 1. The summed E-state index contributed by atoms with van der Waals surface area (Å²) < 4.78 is 5.70. The molecule has 2 heterocycles. The molecule has 0 aliphatic carbocycles. The van der Waals surface area contributed by atoms with E-state index in [2.05, 4.69) is 45.3 Å². The van der Waals surface area contributed by atoms with Gasteiger partial charge in [0.1, 0.15) is 5.01 Å². The fourth-order valence-corrected chi connectivity index (χ4v) is 2.99. The van der Waals surface area contributed by atoms with E-state index in [0.29, 0.717) is 15.7 Å². The lowest BCUT2D eigenvalue weighted by Crippen LogP contribution is -2.10. The molecule has 0 bridgehead atoms. The number of furan rings is 1. The van der Waals surface area contributed by atoms with Crippen molar-refractivity contribution in [2.24, 2.45) is 0 Å². The molecule has 1 amide bonds. The van der Waals surface area contributed by atoms with E-state index >= 15 is 0 Å². The molecular formula is C12H14BrN3O2S. The van der Waals surface area contributed by atoms with Gasteiger partial charge in [-0.2, -0.15) is 0 Å². The van der Waals surface area contributed by atoms with E-state index in [1.807, 2.05) is 0 Å². The summed E-state index contributed by atoms with van der Waals surface area (Å²) in [4.78, 5) is 11.9. The summed E-state index contributed by atoms with van der Waals surface area (Å²) in [5, 5.41) is 12.3. The first-order valence-corrected chi connectivity index (χ1v) is 7.65. The maximum Gasteiger partial charge on any atom is 0.293 e. The monoisotopic (exact) mass is 343 g/mol. The summed E-state index contributed by atoms with van der Waals surface area (Å²) in [7, 11) is 0. The molecule has 7 heteroatoms. The van der Waals surface area contributed by atoms with Crippen LogP contribution in [0.25, 0.3) is 0 Å². The van der Waals surface area contributed by atoms with E-state index in [9.17, 15) is 4.79 Å². The number of hydrogen-bond donors (Lipinski definition) is 1. The van der Waals surface area contributed by atoms with Crippen molar-refractivity contribution in [2.45, 2.75) is 32.6 Å². The number of aromatic nitrogens is 2. The Bertz CT molecular complexity index is 563. The molecule has 2 aromatic rings. The third-order valence-corrected chi connectivity index (χ3v) is 4.22. The highest BCUT2D eigenvalue weighted by Crippen LogP contribution is 2.28. The Labute approximate surface area is 123 Å². The molecule has 0 atom stereocenters. The normalized spacial score (nSPS) is 10.9. The molecule has 0 aliphatic heterocycles. The van der Waals surface area contributed by atoms with Crippen molar-refractivity contribution in [3.05, 3.63) is 27.6 Å². The molecule has 0 saturated carbocycles. The van der Waals surface area contributed by atoms with Crippen molar-refractivity contribution in [3.8, 4) is 0 Å². The van der Waals surface area contributed by atoms with Crippen LogP contribution in [0.5, 0.6) is 0 Å². The second kappa shape index (κ2) is 6.29. The first-order chi connectivity index (χ1) is 9.13. The van der Waals surface area contributed by atoms with Crippen LogP contribution >= 0.6 is 27.3 Å². The smallest absolute Gasteiger partial charge is 0.293 e. The van der Waals surface area contributed by atoms with Gasteiger partial charge in [-0.25, -0.2) is 0 Å². The van der Waals surface area contributed by atoms with Gasteiger partial charge in [0, 0.05) is 5.92 Å². The topological polar surface area (TPSA) is 68.0 Å². The van der Waals surface area contributed by atoms with Crippen LogP contribution < -0.4 is 5.32 Å². The Kier molecular flexibility index (Phi) is 4.71. The Morgan fingerprint density at radius 1 is 1.42 bits per heavy atom. The maximum absolute atomic E-state index is 11.9. The van der Waals surface area contributed by atoms with E-state index in [0.717, 1.165) is 17.8 Å². The van der Waals surface area contributed by atoms with Gasteiger partial charge in [-0.15, -0.1) is 10.2 Å². The number of nitrogens with zero attached hydrogens (tertiary/aromatic N) is 2. The minimum absolute atomic E-state index is 0.242. The molecule has 5 nitrogen and oxygen atoms in total. The van der Waals surface area contributed by atoms with Gasteiger partial charge in [0.15, 0.2) is 10.4 Å². The first-order valence-electron chi connectivity index (χ1n) is 6.04. The van der Waals surface area contributed by atoms with Crippen LogP contribution in [0.4, 0.5) is 5.13 Å². The van der Waals surface area contributed by atoms with Crippen LogP contribution in [0, 0.1) is 0 Å². The average Bonchev–Trinajstić information content (AvgIpc) is 3.00. The molecule has 2 rings (SSSR count). The van der Waals surface area contributed by atoms with Gasteiger partial charge >= 0.3 is 0 Å². The minimum Gasteiger partial charge on any atom is -0.444 e. The standard InChI is InChI=1S/C12H14BrN3O2S/c1-3-7(4-2)11-15-16-12(19-11)14-10(17)8-5-6-9(13)18-8/h5-7H,3-4H2,1-2H3,(H,14,16,17). The third-order valence-electron chi connectivity index (χ3n) is 2.79. The molecule has 0 saturated heterocycles. The molecular weight excluding hydrogens is 330 g/mol. The van der Waals surface area contributed by atoms with E-state index in [1.165, 1.54) is 11.3 Å². The Morgan fingerprint density at radius 2 is 2.16 bits per heavy atom. The van der Waals surface area contributed by atoms with Gasteiger partial charge in [-0.3, -0.25) is 10.1 Å². The molecule has 0 aliphatic rings.